The van der Waals surface area contributed by atoms with Gasteiger partial charge in [0.2, 0.25) is 10.0 Å². The minimum Gasteiger partial charge on any atom is -0.489 e. The average Bonchev–Trinajstić information content (AvgIpc) is 2.47. The monoisotopic (exact) mass is 302 g/mol. The van der Waals surface area contributed by atoms with Crippen LogP contribution in [-0.2, 0) is 10.0 Å². The van der Waals surface area contributed by atoms with Crippen LogP contribution in [-0.4, -0.2) is 39.5 Å². The fourth-order valence-corrected chi connectivity index (χ4v) is 2.55. The van der Waals surface area contributed by atoms with E-state index in [0.29, 0.717) is 24.2 Å². The van der Waals surface area contributed by atoms with Crippen LogP contribution in [0.5, 0.6) is 5.75 Å². The van der Waals surface area contributed by atoms with Gasteiger partial charge in [-0.3, -0.25) is 0 Å². The molecule has 112 valence electrons. The minimum absolute atomic E-state index is 0.0357. The van der Waals surface area contributed by atoms with Crippen molar-refractivity contribution in [3.8, 4) is 5.75 Å². The lowest BCUT2D eigenvalue weighted by molar-refractivity contribution is 0.347. The van der Waals surface area contributed by atoms with Gasteiger partial charge < -0.3 is 10.5 Å². The topological polar surface area (TPSA) is 72.6 Å². The molecule has 20 heavy (non-hydrogen) atoms. The summed E-state index contributed by atoms with van der Waals surface area (Å²) in [4.78, 5) is 0.189. The lowest BCUT2D eigenvalue weighted by atomic mass is 10.3. The van der Waals surface area contributed by atoms with E-state index in [1.54, 1.807) is 6.92 Å². The lowest BCUT2D eigenvalue weighted by Crippen LogP contribution is -2.26. The summed E-state index contributed by atoms with van der Waals surface area (Å²) in [7, 11) is -1.95. The van der Waals surface area contributed by atoms with Crippen LogP contribution in [0, 0.1) is 0 Å². The van der Waals surface area contributed by atoms with Crippen molar-refractivity contribution in [1.82, 2.24) is 4.31 Å². The molecule has 1 rings (SSSR count). The Morgan fingerprint density at radius 2 is 2.00 bits per heavy atom. The zero-order valence-electron chi connectivity index (χ0n) is 11.5. The third-order valence-electron chi connectivity index (χ3n) is 2.82. The van der Waals surface area contributed by atoms with E-state index in [2.05, 4.69) is 0 Å². The summed E-state index contributed by atoms with van der Waals surface area (Å²) in [6.07, 6.45) is 0.412. The number of hydrogen-bond donors (Lipinski definition) is 1. The Labute approximate surface area is 118 Å². The molecule has 0 aliphatic rings. The smallest absolute Gasteiger partial charge is 0.242 e. The van der Waals surface area contributed by atoms with E-state index in [1.165, 1.54) is 35.6 Å². The van der Waals surface area contributed by atoms with Crippen molar-refractivity contribution in [3.63, 3.8) is 0 Å². The molecule has 1 aromatic carbocycles. The van der Waals surface area contributed by atoms with Gasteiger partial charge in [-0.25, -0.2) is 17.1 Å². The molecule has 0 spiro atoms. The van der Waals surface area contributed by atoms with Gasteiger partial charge in [-0.1, -0.05) is 6.92 Å². The maximum absolute atomic E-state index is 12.3. The molecule has 0 atom stereocenters. The molecule has 0 saturated carbocycles. The maximum atomic E-state index is 12.3. The van der Waals surface area contributed by atoms with Gasteiger partial charge in [-0.2, -0.15) is 0 Å². The van der Waals surface area contributed by atoms with E-state index in [9.17, 15) is 12.8 Å². The largest absolute Gasteiger partial charge is 0.489 e. The van der Waals surface area contributed by atoms with Gasteiger partial charge in [-0.05, 0) is 24.3 Å². The summed E-state index contributed by atoms with van der Waals surface area (Å²) >= 11 is 0. The SMILES string of the molecule is CCN(C)S(=O)(=O)c1ccc(OC/C(=C\F)CN)cc1. The number of benzene rings is 1. The van der Waals surface area contributed by atoms with Crippen molar-refractivity contribution >= 4 is 10.0 Å². The highest BCUT2D eigenvalue weighted by molar-refractivity contribution is 7.89. The zero-order valence-corrected chi connectivity index (χ0v) is 12.4. The van der Waals surface area contributed by atoms with Gasteiger partial charge in [0.1, 0.15) is 12.4 Å². The standard InChI is InChI=1S/C13H19FN2O3S/c1-3-16(2)20(17,18)13-6-4-12(5-7-13)19-10-11(8-14)9-15/h4-8H,3,9-10,15H2,1-2H3/b11-8-. The highest BCUT2D eigenvalue weighted by Gasteiger charge is 2.18. The first-order chi connectivity index (χ1) is 9.45. The molecule has 0 heterocycles. The first-order valence-electron chi connectivity index (χ1n) is 6.13. The Morgan fingerprint density at radius 1 is 1.40 bits per heavy atom. The number of rotatable bonds is 7. The van der Waals surface area contributed by atoms with Crippen LogP contribution in [0.1, 0.15) is 6.92 Å². The first-order valence-corrected chi connectivity index (χ1v) is 7.57. The number of ether oxygens (including phenoxy) is 1. The van der Waals surface area contributed by atoms with E-state index in [1.807, 2.05) is 0 Å². The Balaban J connectivity index is 2.80. The second kappa shape index (κ2) is 7.37. The number of hydrogen-bond acceptors (Lipinski definition) is 4. The fourth-order valence-electron chi connectivity index (χ4n) is 1.37. The van der Waals surface area contributed by atoms with Crippen LogP contribution in [0.2, 0.25) is 0 Å². The zero-order chi connectivity index (χ0) is 15.2. The number of nitrogens with zero attached hydrogens (tertiary/aromatic N) is 1. The van der Waals surface area contributed by atoms with Gasteiger partial charge in [0.15, 0.2) is 0 Å². The van der Waals surface area contributed by atoms with E-state index >= 15 is 0 Å². The lowest BCUT2D eigenvalue weighted by Gasteiger charge is -2.15. The average molecular weight is 302 g/mol. The molecule has 0 amide bonds. The highest BCUT2D eigenvalue weighted by atomic mass is 32.2. The number of sulfonamides is 1. The number of halogens is 1. The van der Waals surface area contributed by atoms with Crippen LogP contribution in [0.25, 0.3) is 0 Å². The van der Waals surface area contributed by atoms with Crippen molar-refractivity contribution in [2.45, 2.75) is 11.8 Å². The van der Waals surface area contributed by atoms with Crippen LogP contribution in [0.15, 0.2) is 41.1 Å². The minimum atomic E-state index is -3.46. The Bertz CT molecular complexity index is 555. The van der Waals surface area contributed by atoms with E-state index in [-0.39, 0.29) is 18.0 Å². The molecule has 0 aliphatic carbocycles. The molecule has 0 radical (unpaired) electrons. The Kier molecular flexibility index (Phi) is 6.12. The highest BCUT2D eigenvalue weighted by Crippen LogP contribution is 2.19. The Morgan fingerprint density at radius 3 is 2.45 bits per heavy atom. The molecule has 0 aromatic heterocycles. The summed E-state index contributed by atoms with van der Waals surface area (Å²) < 4.78 is 42.9. The fraction of sp³-hybridized carbons (Fsp3) is 0.385. The molecular formula is C13H19FN2O3S. The molecule has 0 fully saturated rings. The molecule has 0 unspecified atom stereocenters. The van der Waals surface area contributed by atoms with Crippen LogP contribution in [0.3, 0.4) is 0 Å². The first kappa shape index (κ1) is 16.6. The molecule has 0 aliphatic heterocycles. The molecule has 5 nitrogen and oxygen atoms in total. The summed E-state index contributed by atoms with van der Waals surface area (Å²) in [6, 6.07) is 5.97. The van der Waals surface area contributed by atoms with Crippen LogP contribution < -0.4 is 10.5 Å². The van der Waals surface area contributed by atoms with Crippen molar-refractivity contribution in [2.75, 3.05) is 26.7 Å². The van der Waals surface area contributed by atoms with E-state index < -0.39 is 10.0 Å². The summed E-state index contributed by atoms with van der Waals surface area (Å²) in [5.74, 6) is 0.455. The quantitative estimate of drug-likeness (QED) is 0.829. The van der Waals surface area contributed by atoms with Gasteiger partial charge in [-0.15, -0.1) is 0 Å². The van der Waals surface area contributed by atoms with Crippen molar-refractivity contribution in [1.29, 1.82) is 0 Å². The van der Waals surface area contributed by atoms with Gasteiger partial charge in [0, 0.05) is 25.7 Å². The summed E-state index contributed by atoms with van der Waals surface area (Å²) in [5, 5.41) is 0. The second-order valence-corrected chi connectivity index (χ2v) is 6.20. The van der Waals surface area contributed by atoms with Crippen LogP contribution >= 0.6 is 0 Å². The third kappa shape index (κ3) is 4.03. The van der Waals surface area contributed by atoms with E-state index in [4.69, 9.17) is 10.5 Å². The normalized spacial score (nSPS) is 12.8. The Hall–Kier alpha value is -1.44. The maximum Gasteiger partial charge on any atom is 0.242 e. The van der Waals surface area contributed by atoms with Gasteiger partial charge in [0.05, 0.1) is 11.2 Å². The predicted octanol–water partition coefficient (Wildman–Crippen LogP) is 1.52. The molecule has 1 aromatic rings. The number of nitrogens with two attached hydrogens (primary N) is 1. The molecule has 2 N–H and O–H groups in total. The van der Waals surface area contributed by atoms with Gasteiger partial charge >= 0.3 is 0 Å². The predicted molar refractivity (Wildman–Crippen MR) is 75.7 cm³/mol. The van der Waals surface area contributed by atoms with Crippen molar-refractivity contribution < 1.29 is 17.5 Å². The molecular weight excluding hydrogens is 283 g/mol. The molecule has 7 heteroatoms. The van der Waals surface area contributed by atoms with Crippen LogP contribution in [0.4, 0.5) is 4.39 Å². The molecule has 0 bridgehead atoms. The third-order valence-corrected chi connectivity index (χ3v) is 4.76. The summed E-state index contributed by atoms with van der Waals surface area (Å²) in [5.41, 5.74) is 5.63. The van der Waals surface area contributed by atoms with Crippen molar-refractivity contribution in [3.05, 3.63) is 36.2 Å². The molecule has 0 saturated heterocycles. The summed E-state index contributed by atoms with van der Waals surface area (Å²) in [6.45, 7) is 2.26. The van der Waals surface area contributed by atoms with Gasteiger partial charge in [0.25, 0.3) is 0 Å². The second-order valence-electron chi connectivity index (χ2n) is 4.15. The van der Waals surface area contributed by atoms with E-state index in [0.717, 1.165) is 0 Å². The van der Waals surface area contributed by atoms with Crippen molar-refractivity contribution in [2.24, 2.45) is 5.73 Å².